The van der Waals surface area contributed by atoms with Crippen LogP contribution in [-0.2, 0) is 6.42 Å². The van der Waals surface area contributed by atoms with Gasteiger partial charge in [-0.1, -0.05) is 58.4 Å². The number of nitrogens with one attached hydrogen (secondary N) is 1. The minimum atomic E-state index is 0.391. The molecule has 0 aliphatic heterocycles. The predicted octanol–water partition coefficient (Wildman–Crippen LogP) is 4.13. The number of hydrogen-bond donors (Lipinski definition) is 1. The molecule has 0 spiro atoms. The fraction of sp³-hybridized carbons (Fsp3) is 0.647. The number of aryl methyl sites for hydroxylation is 1. The lowest BCUT2D eigenvalue weighted by molar-refractivity contribution is 0.0706. The van der Waals surface area contributed by atoms with Crippen LogP contribution in [0.2, 0.25) is 0 Å². The maximum atomic E-state index is 3.60. The molecular formula is C17H27N. The molecule has 1 heteroatoms. The largest absolute Gasteiger partial charge is 0.314 e. The lowest BCUT2D eigenvalue weighted by Gasteiger charge is -2.53. The first-order chi connectivity index (χ1) is 8.59. The van der Waals surface area contributed by atoms with E-state index in [0.717, 1.165) is 12.5 Å². The summed E-state index contributed by atoms with van der Waals surface area (Å²) in [6.07, 6.45) is 3.72. The minimum Gasteiger partial charge on any atom is -0.314 e. The molecule has 1 aliphatic carbocycles. The second-order valence-electron chi connectivity index (χ2n) is 6.21. The van der Waals surface area contributed by atoms with E-state index < -0.39 is 0 Å². The van der Waals surface area contributed by atoms with E-state index in [9.17, 15) is 0 Å². The molecule has 0 heterocycles. The maximum absolute atomic E-state index is 3.60. The molecule has 0 amide bonds. The van der Waals surface area contributed by atoms with Crippen molar-refractivity contribution < 1.29 is 0 Å². The van der Waals surface area contributed by atoms with Crippen molar-refractivity contribution in [3.63, 3.8) is 0 Å². The molecule has 1 aromatic carbocycles. The van der Waals surface area contributed by atoms with Gasteiger partial charge < -0.3 is 5.32 Å². The van der Waals surface area contributed by atoms with Crippen LogP contribution in [0.1, 0.15) is 57.6 Å². The molecule has 18 heavy (non-hydrogen) atoms. The molecule has 1 nitrogen and oxygen atoms in total. The van der Waals surface area contributed by atoms with Gasteiger partial charge in [0.15, 0.2) is 0 Å². The van der Waals surface area contributed by atoms with E-state index in [-0.39, 0.29) is 0 Å². The van der Waals surface area contributed by atoms with Gasteiger partial charge in [0.1, 0.15) is 0 Å². The topological polar surface area (TPSA) is 12.0 Å². The first kappa shape index (κ1) is 13.6. The van der Waals surface area contributed by atoms with Crippen molar-refractivity contribution >= 4 is 0 Å². The number of benzene rings is 1. The summed E-state index contributed by atoms with van der Waals surface area (Å²) in [5.41, 5.74) is 3.39. The monoisotopic (exact) mass is 245 g/mol. The standard InChI is InChI=1S/C17H27N/c1-5-7-13-8-10-14(11-9-13)15-12-16(18-6-2)17(15,3)4/h8-11,15-16,18H,5-7,12H2,1-4H3. The van der Waals surface area contributed by atoms with Crippen LogP contribution in [0.5, 0.6) is 0 Å². The molecule has 1 aliphatic rings. The molecule has 1 N–H and O–H groups in total. The summed E-state index contributed by atoms with van der Waals surface area (Å²) in [5, 5.41) is 3.60. The Morgan fingerprint density at radius 2 is 1.83 bits per heavy atom. The first-order valence-corrected chi connectivity index (χ1v) is 7.41. The van der Waals surface area contributed by atoms with E-state index in [2.05, 4.69) is 57.3 Å². The van der Waals surface area contributed by atoms with Gasteiger partial charge in [0.2, 0.25) is 0 Å². The third-order valence-electron chi connectivity index (χ3n) is 4.64. The fourth-order valence-electron chi connectivity index (χ4n) is 3.29. The average molecular weight is 245 g/mol. The smallest absolute Gasteiger partial charge is 0.0130 e. The predicted molar refractivity (Wildman–Crippen MR) is 79.0 cm³/mol. The summed E-state index contributed by atoms with van der Waals surface area (Å²) in [4.78, 5) is 0. The van der Waals surface area contributed by atoms with Crippen LogP contribution in [0.4, 0.5) is 0 Å². The SMILES string of the molecule is CCCc1ccc(C2CC(NCC)C2(C)C)cc1. The Morgan fingerprint density at radius 1 is 1.17 bits per heavy atom. The minimum absolute atomic E-state index is 0.391. The molecule has 0 bridgehead atoms. The summed E-state index contributed by atoms with van der Waals surface area (Å²) >= 11 is 0. The molecule has 0 saturated heterocycles. The lowest BCUT2D eigenvalue weighted by Crippen LogP contribution is -2.55. The molecule has 2 unspecified atom stereocenters. The fourth-order valence-corrected chi connectivity index (χ4v) is 3.29. The molecule has 2 rings (SSSR count). The van der Waals surface area contributed by atoms with Gasteiger partial charge in [-0.05, 0) is 41.8 Å². The van der Waals surface area contributed by atoms with Crippen molar-refractivity contribution in [1.29, 1.82) is 0 Å². The van der Waals surface area contributed by atoms with Gasteiger partial charge in [-0.25, -0.2) is 0 Å². The van der Waals surface area contributed by atoms with Gasteiger partial charge in [-0.15, -0.1) is 0 Å². The van der Waals surface area contributed by atoms with Crippen molar-refractivity contribution in [1.82, 2.24) is 5.32 Å². The highest BCUT2D eigenvalue weighted by atomic mass is 15.0. The number of rotatable bonds is 5. The average Bonchev–Trinajstić information content (AvgIpc) is 2.36. The van der Waals surface area contributed by atoms with Crippen LogP contribution in [0.25, 0.3) is 0 Å². The van der Waals surface area contributed by atoms with Gasteiger partial charge >= 0.3 is 0 Å². The van der Waals surface area contributed by atoms with Crippen LogP contribution >= 0.6 is 0 Å². The molecule has 100 valence electrons. The summed E-state index contributed by atoms with van der Waals surface area (Å²) in [6, 6.07) is 10.0. The highest BCUT2D eigenvalue weighted by Gasteiger charge is 2.47. The lowest BCUT2D eigenvalue weighted by atomic mass is 9.56. The third-order valence-corrected chi connectivity index (χ3v) is 4.64. The zero-order chi connectivity index (χ0) is 13.2. The Labute approximate surface area is 112 Å². The zero-order valence-electron chi connectivity index (χ0n) is 12.3. The van der Waals surface area contributed by atoms with Crippen LogP contribution in [0, 0.1) is 5.41 Å². The van der Waals surface area contributed by atoms with E-state index in [1.54, 1.807) is 0 Å². The van der Waals surface area contributed by atoms with Gasteiger partial charge in [0.25, 0.3) is 0 Å². The first-order valence-electron chi connectivity index (χ1n) is 7.41. The van der Waals surface area contributed by atoms with Gasteiger partial charge in [-0.3, -0.25) is 0 Å². The van der Waals surface area contributed by atoms with Gasteiger partial charge in [0, 0.05) is 6.04 Å². The summed E-state index contributed by atoms with van der Waals surface area (Å²) in [5.74, 6) is 0.720. The summed E-state index contributed by atoms with van der Waals surface area (Å²) < 4.78 is 0. The summed E-state index contributed by atoms with van der Waals surface area (Å²) in [7, 11) is 0. The Morgan fingerprint density at radius 3 is 2.33 bits per heavy atom. The Hall–Kier alpha value is -0.820. The van der Waals surface area contributed by atoms with Crippen LogP contribution in [-0.4, -0.2) is 12.6 Å². The van der Waals surface area contributed by atoms with Crippen LogP contribution < -0.4 is 5.32 Å². The third kappa shape index (κ3) is 2.47. The van der Waals surface area contributed by atoms with Crippen molar-refractivity contribution in [2.45, 2.75) is 58.9 Å². The Kier molecular flexibility index (Phi) is 4.11. The van der Waals surface area contributed by atoms with E-state index in [1.165, 1.54) is 30.4 Å². The van der Waals surface area contributed by atoms with Crippen molar-refractivity contribution in [2.75, 3.05) is 6.54 Å². The second kappa shape index (κ2) is 5.44. The maximum Gasteiger partial charge on any atom is 0.0130 e. The quantitative estimate of drug-likeness (QED) is 0.822. The normalized spacial score (nSPS) is 25.8. The van der Waals surface area contributed by atoms with Crippen LogP contribution in [0.3, 0.4) is 0 Å². The highest BCUT2D eigenvalue weighted by Crippen LogP contribution is 2.52. The molecule has 0 radical (unpaired) electrons. The Balaban J connectivity index is 2.05. The van der Waals surface area contributed by atoms with E-state index in [0.29, 0.717) is 11.5 Å². The van der Waals surface area contributed by atoms with Crippen molar-refractivity contribution in [3.05, 3.63) is 35.4 Å². The summed E-state index contributed by atoms with van der Waals surface area (Å²) in [6.45, 7) is 10.3. The van der Waals surface area contributed by atoms with Crippen LogP contribution in [0.15, 0.2) is 24.3 Å². The van der Waals surface area contributed by atoms with Crippen molar-refractivity contribution in [3.8, 4) is 0 Å². The molecule has 2 atom stereocenters. The molecule has 1 fully saturated rings. The van der Waals surface area contributed by atoms with Gasteiger partial charge in [0.05, 0.1) is 0 Å². The van der Waals surface area contributed by atoms with E-state index >= 15 is 0 Å². The zero-order valence-corrected chi connectivity index (χ0v) is 12.3. The molecule has 1 saturated carbocycles. The second-order valence-corrected chi connectivity index (χ2v) is 6.21. The molecule has 0 aromatic heterocycles. The molecular weight excluding hydrogens is 218 g/mol. The number of hydrogen-bond acceptors (Lipinski definition) is 1. The highest BCUT2D eigenvalue weighted by molar-refractivity contribution is 5.30. The van der Waals surface area contributed by atoms with E-state index in [1.807, 2.05) is 0 Å². The Bertz CT molecular complexity index is 377. The van der Waals surface area contributed by atoms with E-state index in [4.69, 9.17) is 0 Å². The van der Waals surface area contributed by atoms with Gasteiger partial charge in [-0.2, -0.15) is 0 Å². The molecule has 1 aromatic rings. The van der Waals surface area contributed by atoms with Crippen molar-refractivity contribution in [2.24, 2.45) is 5.41 Å².